The summed E-state index contributed by atoms with van der Waals surface area (Å²) in [6.07, 6.45) is 5.22. The Hall–Kier alpha value is -2.24. The van der Waals surface area contributed by atoms with Gasteiger partial charge in [-0.1, -0.05) is 36.8 Å². The molecule has 2 aliphatic heterocycles. The summed E-state index contributed by atoms with van der Waals surface area (Å²) in [6, 6.07) is 18.4. The van der Waals surface area contributed by atoms with E-state index in [0.717, 1.165) is 25.2 Å². The van der Waals surface area contributed by atoms with Crippen LogP contribution in [0.4, 0.5) is 5.69 Å². The molecule has 2 aromatic rings. The fraction of sp³-hybridized carbons (Fsp3) is 0.429. The van der Waals surface area contributed by atoms with Gasteiger partial charge in [0, 0.05) is 37.8 Å². The highest BCUT2D eigenvalue weighted by molar-refractivity contribution is 5.34. The van der Waals surface area contributed by atoms with Gasteiger partial charge in [-0.15, -0.1) is 0 Å². The minimum Gasteiger partial charge on any atom is -0.281 e. The topological polar surface area (TPSA) is 49.6 Å². The van der Waals surface area contributed by atoms with Crippen molar-refractivity contribution in [1.82, 2.24) is 9.80 Å². The van der Waals surface area contributed by atoms with Crippen LogP contribution in [0.25, 0.3) is 0 Å². The number of non-ortho nitro benzene ring substituents is 1. The van der Waals surface area contributed by atoms with Crippen molar-refractivity contribution in [2.24, 2.45) is 0 Å². The van der Waals surface area contributed by atoms with Crippen LogP contribution < -0.4 is 0 Å². The Labute approximate surface area is 154 Å². The van der Waals surface area contributed by atoms with Crippen LogP contribution in [0.5, 0.6) is 0 Å². The first-order valence-corrected chi connectivity index (χ1v) is 9.50. The Balaban J connectivity index is 1.64. The maximum atomic E-state index is 11.0. The lowest BCUT2D eigenvalue weighted by molar-refractivity contribution is -0.384. The van der Waals surface area contributed by atoms with Gasteiger partial charge in [0.25, 0.3) is 5.69 Å². The summed E-state index contributed by atoms with van der Waals surface area (Å²) in [5, 5.41) is 11.0. The first kappa shape index (κ1) is 17.2. The largest absolute Gasteiger partial charge is 0.281 e. The second-order valence-electron chi connectivity index (χ2n) is 7.35. The first-order valence-electron chi connectivity index (χ1n) is 9.50. The van der Waals surface area contributed by atoms with E-state index in [0.29, 0.717) is 6.04 Å². The number of hydrogen-bond acceptors (Lipinski definition) is 4. The fourth-order valence-electron chi connectivity index (χ4n) is 4.46. The Morgan fingerprint density at radius 3 is 2.46 bits per heavy atom. The van der Waals surface area contributed by atoms with Gasteiger partial charge in [-0.05, 0) is 42.5 Å². The van der Waals surface area contributed by atoms with Gasteiger partial charge in [0.1, 0.15) is 0 Å². The molecule has 0 amide bonds. The number of nitro benzene ring substituents is 1. The molecule has 0 spiro atoms. The number of nitro groups is 1. The molecule has 0 aromatic heterocycles. The molecule has 0 unspecified atom stereocenters. The number of piperidine rings is 1. The van der Waals surface area contributed by atoms with E-state index in [9.17, 15) is 10.1 Å². The molecule has 2 heterocycles. The summed E-state index contributed by atoms with van der Waals surface area (Å²) in [7, 11) is 0. The molecule has 5 heteroatoms. The molecule has 2 atom stereocenters. The molecule has 0 bridgehead atoms. The molecule has 136 valence electrons. The van der Waals surface area contributed by atoms with E-state index in [1.54, 1.807) is 12.1 Å². The minimum absolute atomic E-state index is 0.161. The van der Waals surface area contributed by atoms with Crippen LogP contribution in [-0.4, -0.2) is 33.9 Å². The monoisotopic (exact) mass is 351 g/mol. The summed E-state index contributed by atoms with van der Waals surface area (Å²) in [4.78, 5) is 15.8. The van der Waals surface area contributed by atoms with Crippen LogP contribution in [0.2, 0.25) is 0 Å². The molecule has 2 fully saturated rings. The van der Waals surface area contributed by atoms with Gasteiger partial charge in [-0.3, -0.25) is 19.9 Å². The quantitative estimate of drug-likeness (QED) is 0.607. The van der Waals surface area contributed by atoms with Crippen molar-refractivity contribution in [3.05, 3.63) is 75.8 Å². The van der Waals surface area contributed by atoms with Crippen molar-refractivity contribution in [2.45, 2.75) is 44.4 Å². The molecular formula is C21H25N3O2. The van der Waals surface area contributed by atoms with Crippen LogP contribution in [0, 0.1) is 10.1 Å². The summed E-state index contributed by atoms with van der Waals surface area (Å²) in [6.45, 7) is 3.08. The molecule has 2 saturated heterocycles. The van der Waals surface area contributed by atoms with Gasteiger partial charge in [0.15, 0.2) is 0 Å². The number of nitrogens with zero attached hydrogens (tertiary/aromatic N) is 3. The van der Waals surface area contributed by atoms with Crippen LogP contribution in [0.3, 0.4) is 0 Å². The van der Waals surface area contributed by atoms with Gasteiger partial charge < -0.3 is 0 Å². The van der Waals surface area contributed by atoms with E-state index in [4.69, 9.17) is 0 Å². The number of benzene rings is 2. The lowest BCUT2D eigenvalue weighted by Gasteiger charge is -2.50. The maximum absolute atomic E-state index is 11.0. The summed E-state index contributed by atoms with van der Waals surface area (Å²) in [5.74, 6) is 0. The van der Waals surface area contributed by atoms with Crippen molar-refractivity contribution in [3.63, 3.8) is 0 Å². The van der Waals surface area contributed by atoms with E-state index in [2.05, 4.69) is 34.1 Å². The van der Waals surface area contributed by atoms with E-state index >= 15 is 0 Å². The Morgan fingerprint density at radius 1 is 0.962 bits per heavy atom. The predicted molar refractivity (Wildman–Crippen MR) is 102 cm³/mol. The van der Waals surface area contributed by atoms with E-state index < -0.39 is 0 Å². The third-order valence-electron chi connectivity index (χ3n) is 5.71. The van der Waals surface area contributed by atoms with Gasteiger partial charge in [-0.25, -0.2) is 0 Å². The van der Waals surface area contributed by atoms with Crippen molar-refractivity contribution < 1.29 is 4.92 Å². The van der Waals surface area contributed by atoms with Gasteiger partial charge in [-0.2, -0.15) is 0 Å². The van der Waals surface area contributed by atoms with Crippen LogP contribution in [-0.2, 0) is 6.54 Å². The molecule has 0 N–H and O–H groups in total. The second kappa shape index (κ2) is 7.56. The normalized spacial score (nSPS) is 24.2. The lowest BCUT2D eigenvalue weighted by atomic mass is 9.93. The van der Waals surface area contributed by atoms with Gasteiger partial charge in [0.05, 0.1) is 11.1 Å². The van der Waals surface area contributed by atoms with Gasteiger partial charge in [0.2, 0.25) is 0 Å². The molecular weight excluding hydrogens is 326 g/mol. The van der Waals surface area contributed by atoms with E-state index in [1.165, 1.54) is 31.2 Å². The highest BCUT2D eigenvalue weighted by Crippen LogP contribution is 2.38. The second-order valence-corrected chi connectivity index (χ2v) is 7.35. The van der Waals surface area contributed by atoms with Crippen LogP contribution >= 0.6 is 0 Å². The zero-order valence-electron chi connectivity index (χ0n) is 15.0. The van der Waals surface area contributed by atoms with Gasteiger partial charge >= 0.3 is 0 Å². The lowest BCUT2D eigenvalue weighted by Crippen LogP contribution is -2.54. The Bertz CT molecular complexity index is 748. The van der Waals surface area contributed by atoms with Crippen molar-refractivity contribution in [2.75, 3.05) is 13.1 Å². The molecule has 0 aliphatic carbocycles. The maximum Gasteiger partial charge on any atom is 0.269 e. The zero-order valence-corrected chi connectivity index (χ0v) is 15.0. The molecule has 0 saturated carbocycles. The van der Waals surface area contributed by atoms with Crippen molar-refractivity contribution in [3.8, 4) is 0 Å². The predicted octanol–water partition coefficient (Wildman–Crippen LogP) is 4.35. The average Bonchev–Trinajstić information content (AvgIpc) is 2.69. The van der Waals surface area contributed by atoms with Crippen molar-refractivity contribution >= 4 is 5.69 Å². The Morgan fingerprint density at radius 2 is 1.73 bits per heavy atom. The average molecular weight is 351 g/mol. The molecule has 0 radical (unpaired) electrons. The fourth-order valence-corrected chi connectivity index (χ4v) is 4.46. The molecule has 26 heavy (non-hydrogen) atoms. The summed E-state index contributed by atoms with van der Waals surface area (Å²) in [5.41, 5.74) is 2.64. The third-order valence-corrected chi connectivity index (χ3v) is 5.71. The molecule has 2 aromatic carbocycles. The van der Waals surface area contributed by atoms with Crippen LogP contribution in [0.1, 0.15) is 43.0 Å². The molecule has 4 rings (SSSR count). The van der Waals surface area contributed by atoms with E-state index in [-0.39, 0.29) is 16.8 Å². The number of fused-ring (bicyclic) bond motifs is 1. The summed E-state index contributed by atoms with van der Waals surface area (Å²) >= 11 is 0. The SMILES string of the molecule is O=[N+]([O-])c1ccc([C@H]2N(Cc3ccccc3)CC[C@H]3CCCCN32)cc1. The van der Waals surface area contributed by atoms with Crippen molar-refractivity contribution in [1.29, 1.82) is 0 Å². The standard InChI is InChI=1S/C21H25N3O2/c25-24(26)20-11-9-18(10-12-20)21-22(16-17-6-2-1-3-7-17)15-13-19-8-4-5-14-23(19)21/h1-3,6-7,9-12,19,21H,4-5,8,13-16H2/t19-,21+/m1/s1. The summed E-state index contributed by atoms with van der Waals surface area (Å²) < 4.78 is 0. The molecule has 5 nitrogen and oxygen atoms in total. The number of hydrogen-bond donors (Lipinski definition) is 0. The van der Waals surface area contributed by atoms with E-state index in [1.807, 2.05) is 18.2 Å². The highest BCUT2D eigenvalue weighted by Gasteiger charge is 2.37. The van der Waals surface area contributed by atoms with Crippen LogP contribution in [0.15, 0.2) is 54.6 Å². The zero-order chi connectivity index (χ0) is 17.9. The number of rotatable bonds is 4. The Kier molecular flexibility index (Phi) is 5.00. The first-order chi connectivity index (χ1) is 12.7. The molecule has 2 aliphatic rings. The highest BCUT2D eigenvalue weighted by atomic mass is 16.6. The minimum atomic E-state index is -0.323. The smallest absolute Gasteiger partial charge is 0.269 e. The third kappa shape index (κ3) is 3.50.